The van der Waals surface area contributed by atoms with Gasteiger partial charge in [-0.25, -0.2) is 0 Å². The summed E-state index contributed by atoms with van der Waals surface area (Å²) in [4.78, 5) is 13.4. The minimum atomic E-state index is -0.0845. The molecular weight excluding hydrogens is 304 g/mol. The van der Waals surface area contributed by atoms with Gasteiger partial charge in [-0.05, 0) is 56.9 Å². The highest BCUT2D eigenvalue weighted by Crippen LogP contribution is 2.28. The molecule has 5 heteroatoms. The van der Waals surface area contributed by atoms with Gasteiger partial charge in [0.25, 0.3) is 0 Å². The standard InChI is InChI=1S/C16H21ClN2OS/c1-10(21-15-6-2-11(17)3-7-15)16(20)19-14-8-12-4-5-13(9-14)18-12/h2-3,6-7,10,12-14,18H,4-5,8-9H2,1H3,(H,19,20). The Labute approximate surface area is 135 Å². The van der Waals surface area contributed by atoms with Crippen molar-refractivity contribution < 1.29 is 4.79 Å². The van der Waals surface area contributed by atoms with Crippen LogP contribution in [0, 0.1) is 0 Å². The minimum Gasteiger partial charge on any atom is -0.352 e. The summed E-state index contributed by atoms with van der Waals surface area (Å²) in [6.45, 7) is 1.96. The zero-order valence-corrected chi connectivity index (χ0v) is 13.7. The highest BCUT2D eigenvalue weighted by molar-refractivity contribution is 8.00. The summed E-state index contributed by atoms with van der Waals surface area (Å²) in [5, 5.41) is 7.46. The topological polar surface area (TPSA) is 41.1 Å². The molecule has 3 unspecified atom stereocenters. The molecule has 21 heavy (non-hydrogen) atoms. The highest BCUT2D eigenvalue weighted by Gasteiger charge is 2.34. The second-order valence-corrected chi connectivity index (χ2v) is 7.88. The van der Waals surface area contributed by atoms with Gasteiger partial charge in [-0.3, -0.25) is 4.79 Å². The smallest absolute Gasteiger partial charge is 0.233 e. The van der Waals surface area contributed by atoms with Crippen LogP contribution in [0.4, 0.5) is 0 Å². The second kappa shape index (κ2) is 6.59. The number of benzene rings is 1. The van der Waals surface area contributed by atoms with Crippen LogP contribution in [0.5, 0.6) is 0 Å². The molecule has 1 aromatic rings. The molecule has 114 valence electrons. The molecular formula is C16H21ClN2OS. The molecule has 1 amide bonds. The Morgan fingerprint density at radius 2 is 1.90 bits per heavy atom. The van der Waals surface area contributed by atoms with Gasteiger partial charge >= 0.3 is 0 Å². The minimum absolute atomic E-state index is 0.0845. The van der Waals surface area contributed by atoms with Crippen LogP contribution in [-0.2, 0) is 4.79 Å². The van der Waals surface area contributed by atoms with Crippen molar-refractivity contribution in [2.24, 2.45) is 0 Å². The summed E-state index contributed by atoms with van der Waals surface area (Å²) >= 11 is 7.46. The van der Waals surface area contributed by atoms with E-state index >= 15 is 0 Å². The average Bonchev–Trinajstić information content (AvgIpc) is 2.80. The first-order valence-corrected chi connectivity index (χ1v) is 8.84. The molecule has 2 fully saturated rings. The van der Waals surface area contributed by atoms with E-state index < -0.39 is 0 Å². The largest absolute Gasteiger partial charge is 0.352 e. The van der Waals surface area contributed by atoms with E-state index in [1.165, 1.54) is 12.8 Å². The number of carbonyl (C=O) groups excluding carboxylic acids is 1. The summed E-state index contributed by atoms with van der Waals surface area (Å²) < 4.78 is 0. The van der Waals surface area contributed by atoms with Crippen LogP contribution in [0.3, 0.4) is 0 Å². The van der Waals surface area contributed by atoms with Crippen LogP contribution in [0.15, 0.2) is 29.2 Å². The molecule has 0 aliphatic carbocycles. The van der Waals surface area contributed by atoms with Gasteiger partial charge in [-0.15, -0.1) is 11.8 Å². The molecule has 2 aliphatic rings. The van der Waals surface area contributed by atoms with E-state index in [0.717, 1.165) is 22.8 Å². The predicted octanol–water partition coefficient (Wildman–Crippen LogP) is 3.22. The first-order valence-electron chi connectivity index (χ1n) is 7.59. The molecule has 0 radical (unpaired) electrons. The van der Waals surface area contributed by atoms with Gasteiger partial charge in [0.2, 0.25) is 5.91 Å². The van der Waals surface area contributed by atoms with E-state index in [1.54, 1.807) is 11.8 Å². The summed E-state index contributed by atoms with van der Waals surface area (Å²) in [6.07, 6.45) is 4.65. The van der Waals surface area contributed by atoms with Crippen molar-refractivity contribution in [3.8, 4) is 0 Å². The van der Waals surface area contributed by atoms with Crippen LogP contribution >= 0.6 is 23.4 Å². The molecule has 2 aliphatic heterocycles. The summed E-state index contributed by atoms with van der Waals surface area (Å²) in [5.41, 5.74) is 0. The maximum absolute atomic E-state index is 12.3. The fourth-order valence-electron chi connectivity index (χ4n) is 3.26. The fraction of sp³-hybridized carbons (Fsp3) is 0.562. The second-order valence-electron chi connectivity index (χ2n) is 6.03. The van der Waals surface area contributed by atoms with Crippen molar-refractivity contribution in [2.45, 2.75) is 60.9 Å². The zero-order chi connectivity index (χ0) is 14.8. The molecule has 0 saturated carbocycles. The predicted molar refractivity (Wildman–Crippen MR) is 87.9 cm³/mol. The number of halogens is 1. The lowest BCUT2D eigenvalue weighted by molar-refractivity contribution is -0.121. The number of thioether (sulfide) groups is 1. The van der Waals surface area contributed by atoms with E-state index in [9.17, 15) is 4.79 Å². The van der Waals surface area contributed by atoms with Crippen LogP contribution < -0.4 is 10.6 Å². The Morgan fingerprint density at radius 1 is 1.29 bits per heavy atom. The zero-order valence-electron chi connectivity index (χ0n) is 12.1. The molecule has 1 aromatic carbocycles. The lowest BCUT2D eigenvalue weighted by atomic mass is 10.00. The van der Waals surface area contributed by atoms with Crippen LogP contribution in [0.2, 0.25) is 5.02 Å². The van der Waals surface area contributed by atoms with Crippen molar-refractivity contribution in [3.05, 3.63) is 29.3 Å². The molecule has 3 atom stereocenters. The number of nitrogens with one attached hydrogen (secondary N) is 2. The monoisotopic (exact) mass is 324 g/mol. The number of carbonyl (C=O) groups is 1. The van der Waals surface area contributed by atoms with E-state index in [1.807, 2.05) is 31.2 Å². The summed E-state index contributed by atoms with van der Waals surface area (Å²) in [5.74, 6) is 0.140. The Kier molecular flexibility index (Phi) is 4.77. The van der Waals surface area contributed by atoms with Crippen molar-refractivity contribution in [1.29, 1.82) is 0 Å². The van der Waals surface area contributed by atoms with Crippen LogP contribution in [-0.4, -0.2) is 29.3 Å². The maximum atomic E-state index is 12.3. The number of amides is 1. The number of hydrogen-bond donors (Lipinski definition) is 2. The number of rotatable bonds is 4. The molecule has 0 aromatic heterocycles. The van der Waals surface area contributed by atoms with Crippen molar-refractivity contribution >= 4 is 29.3 Å². The lowest BCUT2D eigenvalue weighted by Crippen LogP contribution is -2.49. The number of piperidine rings is 1. The van der Waals surface area contributed by atoms with E-state index in [2.05, 4.69) is 10.6 Å². The number of fused-ring (bicyclic) bond motifs is 2. The van der Waals surface area contributed by atoms with Crippen molar-refractivity contribution in [1.82, 2.24) is 10.6 Å². The Hall–Kier alpha value is -0.710. The molecule has 2 saturated heterocycles. The molecule has 2 N–H and O–H groups in total. The lowest BCUT2D eigenvalue weighted by Gasteiger charge is -2.30. The van der Waals surface area contributed by atoms with E-state index in [-0.39, 0.29) is 11.2 Å². The molecule has 3 rings (SSSR count). The van der Waals surface area contributed by atoms with Gasteiger partial charge in [0.1, 0.15) is 0 Å². The van der Waals surface area contributed by atoms with Crippen molar-refractivity contribution in [3.63, 3.8) is 0 Å². The average molecular weight is 325 g/mol. The van der Waals surface area contributed by atoms with Gasteiger partial charge < -0.3 is 10.6 Å². The van der Waals surface area contributed by atoms with Gasteiger partial charge in [-0.2, -0.15) is 0 Å². The van der Waals surface area contributed by atoms with E-state index in [4.69, 9.17) is 11.6 Å². The Morgan fingerprint density at radius 3 is 2.52 bits per heavy atom. The highest BCUT2D eigenvalue weighted by atomic mass is 35.5. The van der Waals surface area contributed by atoms with E-state index in [0.29, 0.717) is 18.1 Å². The summed E-state index contributed by atoms with van der Waals surface area (Å²) in [6, 6.07) is 9.19. The molecule has 2 bridgehead atoms. The van der Waals surface area contributed by atoms with Gasteiger partial charge in [-0.1, -0.05) is 11.6 Å². The first-order chi connectivity index (χ1) is 10.1. The van der Waals surface area contributed by atoms with Gasteiger partial charge in [0, 0.05) is 28.0 Å². The maximum Gasteiger partial charge on any atom is 0.233 e. The third kappa shape index (κ3) is 3.93. The van der Waals surface area contributed by atoms with Crippen molar-refractivity contribution in [2.75, 3.05) is 0 Å². The normalized spacial score (nSPS) is 29.1. The molecule has 2 heterocycles. The SMILES string of the molecule is CC(Sc1ccc(Cl)cc1)C(=O)NC1CC2CCC(C1)N2. The van der Waals surface area contributed by atoms with Crippen LogP contribution in [0.25, 0.3) is 0 Å². The van der Waals surface area contributed by atoms with Gasteiger partial charge in [0.05, 0.1) is 5.25 Å². The molecule has 3 nitrogen and oxygen atoms in total. The third-order valence-corrected chi connectivity index (χ3v) is 5.68. The van der Waals surface area contributed by atoms with Gasteiger partial charge in [0.15, 0.2) is 0 Å². The third-order valence-electron chi connectivity index (χ3n) is 4.32. The first kappa shape index (κ1) is 15.2. The Bertz CT molecular complexity index is 496. The quantitative estimate of drug-likeness (QED) is 0.836. The summed E-state index contributed by atoms with van der Waals surface area (Å²) in [7, 11) is 0. The number of hydrogen-bond acceptors (Lipinski definition) is 3. The van der Waals surface area contributed by atoms with Crippen LogP contribution in [0.1, 0.15) is 32.6 Å². The fourth-order valence-corrected chi connectivity index (χ4v) is 4.27. The molecule has 0 spiro atoms. The Balaban J connectivity index is 1.51.